The summed E-state index contributed by atoms with van der Waals surface area (Å²) in [6.07, 6.45) is 0. The second-order valence-corrected chi connectivity index (χ2v) is 7.83. The zero-order valence-electron chi connectivity index (χ0n) is 14.9. The van der Waals surface area contributed by atoms with E-state index in [0.717, 1.165) is 15.5 Å². The van der Waals surface area contributed by atoms with E-state index < -0.39 is 10.0 Å². The maximum absolute atomic E-state index is 13.1. The number of anilines is 4. The first-order valence-corrected chi connectivity index (χ1v) is 10.1. The third-order valence-electron chi connectivity index (χ3n) is 4.04. The summed E-state index contributed by atoms with van der Waals surface area (Å²) in [5.74, 6) is 0.762. The highest BCUT2D eigenvalue weighted by Crippen LogP contribution is 2.26. The van der Waals surface area contributed by atoms with Crippen molar-refractivity contribution >= 4 is 33.0 Å². The van der Waals surface area contributed by atoms with Crippen molar-refractivity contribution in [3.05, 3.63) is 97.1 Å². The van der Waals surface area contributed by atoms with Crippen LogP contribution in [0.15, 0.2) is 102 Å². The molecule has 4 rings (SSSR count). The molecule has 0 aliphatic rings. The highest BCUT2D eigenvalue weighted by Gasteiger charge is 2.23. The van der Waals surface area contributed by atoms with Crippen molar-refractivity contribution in [2.75, 3.05) is 10.6 Å². The first kappa shape index (κ1) is 17.8. The van der Waals surface area contributed by atoms with Crippen LogP contribution in [-0.4, -0.2) is 17.6 Å². The maximum Gasteiger partial charge on any atom is 0.284 e. The Morgan fingerprint density at radius 3 is 1.75 bits per heavy atom. The fraction of sp³-hybridized carbons (Fsp3) is 0. The molecule has 28 heavy (non-hydrogen) atoms. The molecular weight excluding hydrogens is 372 g/mol. The summed E-state index contributed by atoms with van der Waals surface area (Å²) in [5, 5.41) is 10.6. The lowest BCUT2D eigenvalue weighted by Crippen LogP contribution is -2.16. The topological polar surface area (TPSA) is 76.0 Å². The van der Waals surface area contributed by atoms with Gasteiger partial charge in [0.15, 0.2) is 5.82 Å². The first-order valence-electron chi connectivity index (χ1n) is 8.68. The number of nitrogens with one attached hydrogen (secondary N) is 2. The Morgan fingerprint density at radius 1 is 0.679 bits per heavy atom. The predicted octanol–water partition coefficient (Wildman–Crippen LogP) is 4.61. The van der Waals surface area contributed by atoms with E-state index >= 15 is 0 Å². The number of benzene rings is 3. The van der Waals surface area contributed by atoms with E-state index in [1.807, 2.05) is 60.7 Å². The summed E-state index contributed by atoms with van der Waals surface area (Å²) in [6, 6.07) is 28.7. The Bertz CT molecular complexity index is 1160. The maximum atomic E-state index is 13.1. The van der Waals surface area contributed by atoms with E-state index in [-0.39, 0.29) is 4.90 Å². The summed E-state index contributed by atoms with van der Waals surface area (Å²) >= 11 is 0. The molecule has 1 aromatic heterocycles. The lowest BCUT2D eigenvalue weighted by molar-refractivity contribution is 0.581. The van der Waals surface area contributed by atoms with Crippen LogP contribution in [0.3, 0.4) is 0 Å². The van der Waals surface area contributed by atoms with Gasteiger partial charge in [0, 0.05) is 17.4 Å². The summed E-state index contributed by atoms with van der Waals surface area (Å²) in [6.45, 7) is 0. The molecule has 0 amide bonds. The van der Waals surface area contributed by atoms with E-state index in [4.69, 9.17) is 0 Å². The molecule has 4 aromatic rings. The molecule has 0 aliphatic heterocycles. The van der Waals surface area contributed by atoms with Crippen molar-refractivity contribution < 1.29 is 8.42 Å². The van der Waals surface area contributed by atoms with Crippen LogP contribution in [-0.2, 0) is 10.0 Å². The van der Waals surface area contributed by atoms with Gasteiger partial charge in [-0.1, -0.05) is 54.6 Å². The van der Waals surface area contributed by atoms with Crippen molar-refractivity contribution in [1.82, 2.24) is 9.19 Å². The van der Waals surface area contributed by atoms with Gasteiger partial charge in [-0.2, -0.15) is 8.42 Å². The third-order valence-corrected chi connectivity index (χ3v) is 5.64. The van der Waals surface area contributed by atoms with E-state index in [2.05, 4.69) is 15.7 Å². The van der Waals surface area contributed by atoms with Gasteiger partial charge >= 0.3 is 0 Å². The van der Waals surface area contributed by atoms with Crippen molar-refractivity contribution in [3.8, 4) is 0 Å². The molecule has 0 fully saturated rings. The van der Waals surface area contributed by atoms with Crippen LogP contribution in [0.5, 0.6) is 0 Å². The van der Waals surface area contributed by atoms with Gasteiger partial charge < -0.3 is 10.6 Å². The van der Waals surface area contributed by atoms with Gasteiger partial charge in [0.1, 0.15) is 5.82 Å². The molecule has 1 heterocycles. The smallest absolute Gasteiger partial charge is 0.284 e. The molecule has 0 atom stereocenters. The molecule has 0 saturated heterocycles. The Balaban J connectivity index is 1.76. The van der Waals surface area contributed by atoms with Crippen LogP contribution in [0.4, 0.5) is 23.0 Å². The van der Waals surface area contributed by atoms with Crippen molar-refractivity contribution in [2.24, 2.45) is 0 Å². The van der Waals surface area contributed by atoms with Crippen LogP contribution in [0.2, 0.25) is 0 Å². The Labute approximate surface area is 163 Å². The molecule has 140 valence electrons. The number of hydrogen-bond acceptors (Lipinski definition) is 5. The molecule has 0 unspecified atom stereocenters. The van der Waals surface area contributed by atoms with Crippen LogP contribution in [0, 0.1) is 0 Å². The van der Waals surface area contributed by atoms with Crippen LogP contribution in [0.1, 0.15) is 0 Å². The molecule has 6 nitrogen and oxygen atoms in total. The van der Waals surface area contributed by atoms with Crippen molar-refractivity contribution in [2.45, 2.75) is 4.90 Å². The quantitative estimate of drug-likeness (QED) is 0.503. The second kappa shape index (κ2) is 7.58. The Kier molecular flexibility index (Phi) is 4.82. The fourth-order valence-corrected chi connectivity index (χ4v) is 3.98. The largest absolute Gasteiger partial charge is 0.339 e. The Morgan fingerprint density at radius 2 is 1.18 bits per heavy atom. The summed E-state index contributed by atoms with van der Waals surface area (Å²) < 4.78 is 27.3. The van der Waals surface area contributed by atoms with Gasteiger partial charge in [-0.15, -0.1) is 9.19 Å². The van der Waals surface area contributed by atoms with Gasteiger partial charge in [0.05, 0.1) is 4.90 Å². The van der Waals surface area contributed by atoms with Crippen molar-refractivity contribution in [1.29, 1.82) is 0 Å². The zero-order chi connectivity index (χ0) is 19.4. The lowest BCUT2D eigenvalue weighted by atomic mass is 10.3. The third kappa shape index (κ3) is 3.74. The molecule has 0 radical (unpaired) electrons. The second-order valence-electron chi connectivity index (χ2n) is 6.06. The average Bonchev–Trinajstić information content (AvgIpc) is 3.13. The molecule has 0 spiro atoms. The molecule has 3 aromatic carbocycles. The van der Waals surface area contributed by atoms with E-state index in [9.17, 15) is 8.42 Å². The molecule has 0 aliphatic carbocycles. The minimum absolute atomic E-state index is 0.167. The summed E-state index contributed by atoms with van der Waals surface area (Å²) in [5.41, 5.74) is 1.58. The van der Waals surface area contributed by atoms with E-state index in [1.54, 1.807) is 36.4 Å². The average molecular weight is 390 g/mol. The molecular formula is C21H18N4O2S. The standard InChI is InChI=1S/C21H18N4O2S/c26-28(27,19-14-8-3-9-15-19)25-21(23-18-12-6-2-7-13-18)16-20(24-25)22-17-10-4-1-5-11-17/h1-16,23H,(H,22,24). The number of aromatic nitrogens is 2. The fourth-order valence-electron chi connectivity index (χ4n) is 2.72. The molecule has 0 bridgehead atoms. The first-order chi connectivity index (χ1) is 13.6. The van der Waals surface area contributed by atoms with Crippen LogP contribution < -0.4 is 10.6 Å². The normalized spacial score (nSPS) is 11.1. The monoisotopic (exact) mass is 390 g/mol. The minimum atomic E-state index is -3.86. The number of rotatable bonds is 6. The van der Waals surface area contributed by atoms with Gasteiger partial charge in [0.2, 0.25) is 0 Å². The van der Waals surface area contributed by atoms with E-state index in [1.165, 1.54) is 0 Å². The van der Waals surface area contributed by atoms with Gasteiger partial charge in [0.25, 0.3) is 10.0 Å². The number of para-hydroxylation sites is 2. The predicted molar refractivity (Wildman–Crippen MR) is 111 cm³/mol. The minimum Gasteiger partial charge on any atom is -0.339 e. The molecule has 7 heteroatoms. The van der Waals surface area contributed by atoms with Crippen molar-refractivity contribution in [3.63, 3.8) is 0 Å². The number of nitrogens with zero attached hydrogens (tertiary/aromatic N) is 2. The van der Waals surface area contributed by atoms with Gasteiger partial charge in [-0.05, 0) is 36.4 Å². The molecule has 2 N–H and O–H groups in total. The highest BCUT2D eigenvalue weighted by molar-refractivity contribution is 7.90. The molecule has 0 saturated carbocycles. The Hall–Kier alpha value is -3.58. The SMILES string of the molecule is O=S(=O)(c1ccccc1)n1nc(Nc2ccccc2)cc1Nc1ccccc1. The van der Waals surface area contributed by atoms with E-state index in [0.29, 0.717) is 11.6 Å². The van der Waals surface area contributed by atoms with Gasteiger partial charge in [-0.25, -0.2) is 0 Å². The zero-order valence-corrected chi connectivity index (χ0v) is 15.7. The lowest BCUT2D eigenvalue weighted by Gasteiger charge is -2.10. The summed E-state index contributed by atoms with van der Waals surface area (Å²) in [7, 11) is -3.86. The number of hydrogen-bond donors (Lipinski definition) is 2. The van der Waals surface area contributed by atoms with Gasteiger partial charge in [-0.3, -0.25) is 0 Å². The van der Waals surface area contributed by atoms with Crippen LogP contribution >= 0.6 is 0 Å². The van der Waals surface area contributed by atoms with Crippen LogP contribution in [0.25, 0.3) is 0 Å². The summed E-state index contributed by atoms with van der Waals surface area (Å²) in [4.78, 5) is 0.167. The highest BCUT2D eigenvalue weighted by atomic mass is 32.2.